The second-order valence-electron chi connectivity index (χ2n) is 6.25. The van der Waals surface area contributed by atoms with Crippen molar-refractivity contribution in [1.82, 2.24) is 10.6 Å². The molecule has 1 fully saturated rings. The van der Waals surface area contributed by atoms with Crippen molar-refractivity contribution >= 4 is 19.0 Å². The Balaban J connectivity index is 2.61. The van der Waals surface area contributed by atoms with E-state index in [1.807, 2.05) is 6.92 Å². The number of amides is 1. The Bertz CT molecular complexity index is 410. The van der Waals surface area contributed by atoms with Crippen LogP contribution in [0.5, 0.6) is 0 Å². The first-order valence-electron chi connectivity index (χ1n) is 8.21. The number of piperidine rings is 1. The number of rotatable bonds is 9. The summed E-state index contributed by atoms with van der Waals surface area (Å²) in [7, 11) is -1.36. The third kappa shape index (κ3) is 6.10. The lowest BCUT2D eigenvalue weighted by Crippen LogP contribution is -2.61. The van der Waals surface area contributed by atoms with Crippen molar-refractivity contribution in [2.45, 2.75) is 69.4 Å². The van der Waals surface area contributed by atoms with Gasteiger partial charge in [0.15, 0.2) is 0 Å². The number of unbranched alkanes of at least 4 members (excludes halogenated alkanes) is 1. The summed E-state index contributed by atoms with van der Waals surface area (Å²) in [6, 6.07) is -0.795. The van der Waals surface area contributed by atoms with Gasteiger partial charge in [-0.1, -0.05) is 19.8 Å². The second-order valence-corrected chi connectivity index (χ2v) is 6.25. The minimum Gasteiger partial charge on any atom is -0.480 e. The van der Waals surface area contributed by atoms with Crippen molar-refractivity contribution in [3.05, 3.63) is 0 Å². The van der Waals surface area contributed by atoms with Gasteiger partial charge >= 0.3 is 13.1 Å². The van der Waals surface area contributed by atoms with E-state index < -0.39 is 24.7 Å². The van der Waals surface area contributed by atoms with Crippen LogP contribution in [0.1, 0.15) is 45.4 Å². The van der Waals surface area contributed by atoms with E-state index in [4.69, 9.17) is 15.8 Å². The molecule has 7 N–H and O–H groups in total. The normalized spacial score (nSPS) is 25.7. The van der Waals surface area contributed by atoms with Gasteiger partial charge in [-0.2, -0.15) is 0 Å². The van der Waals surface area contributed by atoms with Crippen molar-refractivity contribution in [3.63, 3.8) is 0 Å². The SMILES string of the molecule is CCC(N)C(=O)N[C@H]1CCN[C@@](CCCCB(O)O)(C(=O)O)C1. The summed E-state index contributed by atoms with van der Waals surface area (Å²) in [5.41, 5.74) is 4.61. The maximum atomic E-state index is 11.9. The van der Waals surface area contributed by atoms with Gasteiger partial charge in [-0.05, 0) is 38.5 Å². The summed E-state index contributed by atoms with van der Waals surface area (Å²) in [5.74, 6) is -1.19. The Morgan fingerprint density at radius 1 is 1.43 bits per heavy atom. The Kier molecular flexibility index (Phi) is 7.97. The number of carboxylic acid groups (broad SMARTS) is 1. The van der Waals surface area contributed by atoms with Gasteiger partial charge in [0.05, 0.1) is 6.04 Å². The van der Waals surface area contributed by atoms with Gasteiger partial charge in [0.2, 0.25) is 5.91 Å². The van der Waals surface area contributed by atoms with Gasteiger partial charge in [0.25, 0.3) is 0 Å². The number of hydrogen-bond acceptors (Lipinski definition) is 6. The zero-order valence-corrected chi connectivity index (χ0v) is 13.6. The Morgan fingerprint density at radius 2 is 2.13 bits per heavy atom. The molecule has 0 aromatic carbocycles. The molecular weight excluding hydrogens is 301 g/mol. The summed E-state index contributed by atoms with van der Waals surface area (Å²) in [6.45, 7) is 2.32. The number of carboxylic acids is 1. The molecule has 0 aromatic rings. The monoisotopic (exact) mass is 329 g/mol. The summed E-state index contributed by atoms with van der Waals surface area (Å²) >= 11 is 0. The van der Waals surface area contributed by atoms with Crippen LogP contribution in [0, 0.1) is 0 Å². The molecule has 1 saturated heterocycles. The van der Waals surface area contributed by atoms with Gasteiger partial charge in [-0.15, -0.1) is 0 Å². The lowest BCUT2D eigenvalue weighted by atomic mass is 9.78. The molecule has 1 amide bonds. The summed E-state index contributed by atoms with van der Waals surface area (Å²) in [6.07, 6.45) is 3.18. The van der Waals surface area contributed by atoms with Gasteiger partial charge in [-0.3, -0.25) is 9.59 Å². The summed E-state index contributed by atoms with van der Waals surface area (Å²) in [4.78, 5) is 23.6. The molecule has 1 heterocycles. The number of carbonyl (C=O) groups is 2. The van der Waals surface area contributed by atoms with Gasteiger partial charge in [0.1, 0.15) is 5.54 Å². The van der Waals surface area contributed by atoms with Crippen LogP contribution in [-0.2, 0) is 9.59 Å². The lowest BCUT2D eigenvalue weighted by molar-refractivity contribution is -0.147. The third-order valence-corrected chi connectivity index (χ3v) is 4.40. The fourth-order valence-corrected chi connectivity index (χ4v) is 2.91. The van der Waals surface area contributed by atoms with Crippen LogP contribution >= 0.6 is 0 Å². The zero-order valence-electron chi connectivity index (χ0n) is 13.6. The maximum Gasteiger partial charge on any atom is 0.451 e. The first-order chi connectivity index (χ1) is 10.8. The fourth-order valence-electron chi connectivity index (χ4n) is 2.91. The Morgan fingerprint density at radius 3 is 2.70 bits per heavy atom. The highest BCUT2D eigenvalue weighted by Gasteiger charge is 2.42. The first kappa shape index (κ1) is 19.9. The van der Waals surface area contributed by atoms with Gasteiger partial charge in [0, 0.05) is 6.04 Å². The molecule has 1 aliphatic heterocycles. The van der Waals surface area contributed by atoms with Crippen molar-refractivity contribution in [1.29, 1.82) is 0 Å². The average Bonchev–Trinajstić information content (AvgIpc) is 2.50. The van der Waals surface area contributed by atoms with Crippen LogP contribution in [0.25, 0.3) is 0 Å². The molecule has 1 unspecified atom stereocenters. The number of nitrogens with two attached hydrogens (primary N) is 1. The van der Waals surface area contributed by atoms with E-state index >= 15 is 0 Å². The highest BCUT2D eigenvalue weighted by molar-refractivity contribution is 6.40. The van der Waals surface area contributed by atoms with E-state index in [1.54, 1.807) is 0 Å². The zero-order chi connectivity index (χ0) is 17.5. The second kappa shape index (κ2) is 9.22. The molecule has 0 aromatic heterocycles. The van der Waals surface area contributed by atoms with E-state index in [2.05, 4.69) is 10.6 Å². The largest absolute Gasteiger partial charge is 0.480 e. The number of hydrogen-bond donors (Lipinski definition) is 6. The van der Waals surface area contributed by atoms with E-state index in [0.717, 1.165) is 0 Å². The molecule has 0 bridgehead atoms. The highest BCUT2D eigenvalue weighted by Crippen LogP contribution is 2.26. The molecular formula is C14H28BN3O5. The first-order valence-corrected chi connectivity index (χ1v) is 8.21. The molecule has 8 nitrogen and oxygen atoms in total. The minimum atomic E-state index is -1.36. The standard InChI is InChI=1S/C14H28BN3O5/c1-2-11(16)12(19)18-10-5-8-17-14(9-10,13(20)21)6-3-4-7-15(22)23/h10-11,17,22-23H,2-9,16H2,1H3,(H,18,19)(H,20,21)/t10-,11?,14+/m0/s1. The van der Waals surface area contributed by atoms with Crippen LogP contribution in [0.15, 0.2) is 0 Å². The van der Waals surface area contributed by atoms with Gasteiger partial charge in [-0.25, -0.2) is 0 Å². The number of aliphatic carboxylic acids is 1. The van der Waals surface area contributed by atoms with Crippen molar-refractivity contribution in [2.24, 2.45) is 5.73 Å². The van der Waals surface area contributed by atoms with Crippen molar-refractivity contribution < 1.29 is 24.7 Å². The van der Waals surface area contributed by atoms with E-state index in [0.29, 0.717) is 45.1 Å². The summed E-state index contributed by atoms with van der Waals surface area (Å²) < 4.78 is 0. The smallest absolute Gasteiger partial charge is 0.451 e. The van der Waals surface area contributed by atoms with E-state index in [9.17, 15) is 14.7 Å². The minimum absolute atomic E-state index is 0.221. The van der Waals surface area contributed by atoms with Crippen LogP contribution in [-0.4, -0.2) is 58.3 Å². The number of nitrogens with one attached hydrogen (secondary N) is 2. The predicted molar refractivity (Wildman–Crippen MR) is 86.7 cm³/mol. The Hall–Kier alpha value is -1.16. The topological polar surface area (TPSA) is 145 Å². The molecule has 1 rings (SSSR count). The van der Waals surface area contributed by atoms with Crippen molar-refractivity contribution in [2.75, 3.05) is 6.54 Å². The molecule has 0 radical (unpaired) electrons. The highest BCUT2D eigenvalue weighted by atomic mass is 16.4. The average molecular weight is 329 g/mol. The predicted octanol–water partition coefficient (Wildman–Crippen LogP) is -0.942. The molecule has 1 aliphatic rings. The molecule has 23 heavy (non-hydrogen) atoms. The van der Waals surface area contributed by atoms with Gasteiger partial charge < -0.3 is 31.5 Å². The van der Waals surface area contributed by atoms with Crippen LogP contribution in [0.2, 0.25) is 6.32 Å². The van der Waals surface area contributed by atoms with E-state index in [1.165, 1.54) is 0 Å². The molecule has 3 atom stereocenters. The molecule has 9 heteroatoms. The Labute approximate surface area is 137 Å². The van der Waals surface area contributed by atoms with E-state index in [-0.39, 0.29) is 18.3 Å². The lowest BCUT2D eigenvalue weighted by Gasteiger charge is -2.39. The van der Waals surface area contributed by atoms with Crippen molar-refractivity contribution in [3.8, 4) is 0 Å². The molecule has 0 spiro atoms. The fraction of sp³-hybridized carbons (Fsp3) is 0.857. The molecule has 0 saturated carbocycles. The molecule has 132 valence electrons. The summed E-state index contributed by atoms with van der Waals surface area (Å²) in [5, 5.41) is 33.2. The van der Waals surface area contributed by atoms with Crippen LogP contribution in [0.3, 0.4) is 0 Å². The quantitative estimate of drug-likeness (QED) is 0.236. The molecule has 0 aliphatic carbocycles. The third-order valence-electron chi connectivity index (χ3n) is 4.40. The maximum absolute atomic E-state index is 11.9. The van der Waals surface area contributed by atoms with Crippen LogP contribution < -0.4 is 16.4 Å². The number of carbonyl (C=O) groups excluding carboxylic acids is 1. The van der Waals surface area contributed by atoms with Crippen LogP contribution in [0.4, 0.5) is 0 Å².